The predicted octanol–water partition coefficient (Wildman–Crippen LogP) is 1.99. The number of nitrogens with zero attached hydrogens (tertiary/aromatic N) is 2. The number of hydrogen-bond donors (Lipinski definition) is 1. The zero-order valence-electron chi connectivity index (χ0n) is 10.7. The molecule has 1 N–H and O–H groups in total. The predicted molar refractivity (Wildman–Crippen MR) is 71.1 cm³/mol. The van der Waals surface area contributed by atoms with Gasteiger partial charge in [0.1, 0.15) is 5.82 Å². The molecule has 1 aromatic heterocycles. The number of carbonyl (C=O) groups is 1. The van der Waals surface area contributed by atoms with Crippen molar-refractivity contribution in [2.75, 3.05) is 6.54 Å². The van der Waals surface area contributed by atoms with Crippen molar-refractivity contribution in [2.24, 2.45) is 0 Å². The summed E-state index contributed by atoms with van der Waals surface area (Å²) in [5.41, 5.74) is 2.32. The van der Waals surface area contributed by atoms with Crippen LogP contribution in [0.1, 0.15) is 12.5 Å². The van der Waals surface area contributed by atoms with Crippen molar-refractivity contribution in [1.82, 2.24) is 14.9 Å². The molecule has 0 aliphatic carbocycles. The van der Waals surface area contributed by atoms with E-state index in [2.05, 4.69) is 41.5 Å². The van der Waals surface area contributed by atoms with Crippen LogP contribution in [0.15, 0.2) is 36.7 Å². The molecule has 0 aliphatic rings. The fourth-order valence-corrected chi connectivity index (χ4v) is 1.80. The van der Waals surface area contributed by atoms with Crippen LogP contribution < -0.4 is 5.32 Å². The number of aryl methyl sites for hydroxylation is 1. The van der Waals surface area contributed by atoms with E-state index >= 15 is 0 Å². The molecule has 2 aromatic rings. The van der Waals surface area contributed by atoms with E-state index in [-0.39, 0.29) is 5.91 Å². The Morgan fingerprint density at radius 1 is 1.33 bits per heavy atom. The summed E-state index contributed by atoms with van der Waals surface area (Å²) < 4.78 is 2.04. The Hall–Kier alpha value is -2.10. The van der Waals surface area contributed by atoms with Gasteiger partial charge >= 0.3 is 0 Å². The van der Waals surface area contributed by atoms with Gasteiger partial charge in [-0.3, -0.25) is 4.79 Å². The average molecular weight is 243 g/mol. The van der Waals surface area contributed by atoms with Crippen LogP contribution in [0.5, 0.6) is 0 Å². The van der Waals surface area contributed by atoms with Crippen LogP contribution >= 0.6 is 0 Å². The van der Waals surface area contributed by atoms with Gasteiger partial charge in [0.25, 0.3) is 0 Å². The number of aromatic nitrogens is 2. The highest BCUT2D eigenvalue weighted by Crippen LogP contribution is 2.17. The number of nitrogens with one attached hydrogen (secondary N) is 1. The van der Waals surface area contributed by atoms with Crippen LogP contribution in [0.2, 0.25) is 0 Å². The molecule has 0 saturated heterocycles. The van der Waals surface area contributed by atoms with E-state index in [1.165, 1.54) is 12.5 Å². The standard InChI is InChI=1S/C14H17N3O/c1-11-3-5-13(6-4-11)14-16-8-10-17(14)9-7-15-12(2)18/h3-6,8,10H,7,9H2,1-2H3,(H,15,18). The second kappa shape index (κ2) is 5.49. The number of carbonyl (C=O) groups excluding carboxylic acids is 1. The Morgan fingerprint density at radius 2 is 2.06 bits per heavy atom. The first-order valence-electron chi connectivity index (χ1n) is 5.99. The molecule has 0 bridgehead atoms. The first-order valence-corrected chi connectivity index (χ1v) is 5.99. The van der Waals surface area contributed by atoms with E-state index in [1.54, 1.807) is 6.20 Å². The quantitative estimate of drug-likeness (QED) is 0.892. The van der Waals surface area contributed by atoms with Crippen LogP contribution in [0.4, 0.5) is 0 Å². The molecule has 1 amide bonds. The normalized spacial score (nSPS) is 10.3. The monoisotopic (exact) mass is 243 g/mol. The van der Waals surface area contributed by atoms with Gasteiger partial charge < -0.3 is 9.88 Å². The Bertz CT molecular complexity index is 528. The van der Waals surface area contributed by atoms with Crippen molar-refractivity contribution in [3.8, 4) is 11.4 Å². The minimum Gasteiger partial charge on any atom is -0.355 e. The number of hydrogen-bond acceptors (Lipinski definition) is 2. The van der Waals surface area contributed by atoms with Crippen LogP contribution in [0.25, 0.3) is 11.4 Å². The fraction of sp³-hybridized carbons (Fsp3) is 0.286. The SMILES string of the molecule is CC(=O)NCCn1ccnc1-c1ccc(C)cc1. The third-order valence-electron chi connectivity index (χ3n) is 2.75. The molecule has 1 heterocycles. The van der Waals surface area contributed by atoms with Gasteiger partial charge in [0.2, 0.25) is 5.91 Å². The van der Waals surface area contributed by atoms with Gasteiger partial charge in [-0.2, -0.15) is 0 Å². The molecule has 0 atom stereocenters. The van der Waals surface area contributed by atoms with Gasteiger partial charge in [0, 0.05) is 38.0 Å². The first-order chi connectivity index (χ1) is 8.66. The van der Waals surface area contributed by atoms with Gasteiger partial charge in [0.15, 0.2) is 0 Å². The van der Waals surface area contributed by atoms with Gasteiger partial charge in [-0.25, -0.2) is 4.98 Å². The second-order valence-electron chi connectivity index (χ2n) is 4.29. The minimum absolute atomic E-state index is 0.00741. The lowest BCUT2D eigenvalue weighted by atomic mass is 10.1. The Morgan fingerprint density at radius 3 is 2.72 bits per heavy atom. The molecule has 0 spiro atoms. The largest absolute Gasteiger partial charge is 0.355 e. The molecular formula is C14H17N3O. The molecule has 18 heavy (non-hydrogen) atoms. The third kappa shape index (κ3) is 2.97. The van der Waals surface area contributed by atoms with Gasteiger partial charge in [-0.1, -0.05) is 29.8 Å². The van der Waals surface area contributed by atoms with E-state index in [1.807, 2.05) is 10.8 Å². The molecule has 0 aliphatic heterocycles. The van der Waals surface area contributed by atoms with Crippen LogP contribution in [0, 0.1) is 6.92 Å². The molecule has 0 unspecified atom stereocenters. The van der Waals surface area contributed by atoms with Crippen molar-refractivity contribution in [3.05, 3.63) is 42.2 Å². The Labute approximate surface area is 107 Å². The van der Waals surface area contributed by atoms with Crippen LogP contribution in [0.3, 0.4) is 0 Å². The first kappa shape index (κ1) is 12.4. The van der Waals surface area contributed by atoms with E-state index in [0.29, 0.717) is 6.54 Å². The maximum Gasteiger partial charge on any atom is 0.216 e. The van der Waals surface area contributed by atoms with Gasteiger partial charge in [-0.05, 0) is 6.92 Å². The lowest BCUT2D eigenvalue weighted by Crippen LogP contribution is -2.24. The smallest absolute Gasteiger partial charge is 0.216 e. The molecule has 0 saturated carbocycles. The molecule has 0 fully saturated rings. The molecule has 2 rings (SSSR count). The molecule has 94 valence electrons. The molecule has 0 radical (unpaired) electrons. The summed E-state index contributed by atoms with van der Waals surface area (Å²) >= 11 is 0. The summed E-state index contributed by atoms with van der Waals surface area (Å²) in [6.07, 6.45) is 3.71. The van der Waals surface area contributed by atoms with Gasteiger partial charge in [-0.15, -0.1) is 0 Å². The summed E-state index contributed by atoms with van der Waals surface area (Å²) in [7, 11) is 0. The number of rotatable bonds is 4. The maximum atomic E-state index is 10.8. The fourth-order valence-electron chi connectivity index (χ4n) is 1.80. The summed E-state index contributed by atoms with van der Waals surface area (Å²) in [5, 5.41) is 2.78. The molecular weight excluding hydrogens is 226 g/mol. The van der Waals surface area contributed by atoms with E-state index in [9.17, 15) is 4.79 Å². The van der Waals surface area contributed by atoms with Crippen molar-refractivity contribution in [3.63, 3.8) is 0 Å². The number of benzene rings is 1. The van der Waals surface area contributed by atoms with Crippen molar-refractivity contribution in [2.45, 2.75) is 20.4 Å². The lowest BCUT2D eigenvalue weighted by molar-refractivity contribution is -0.118. The van der Waals surface area contributed by atoms with Crippen LogP contribution in [-0.4, -0.2) is 22.0 Å². The minimum atomic E-state index is -0.00741. The van der Waals surface area contributed by atoms with E-state index in [4.69, 9.17) is 0 Å². The second-order valence-corrected chi connectivity index (χ2v) is 4.29. The summed E-state index contributed by atoms with van der Waals surface area (Å²) in [5.74, 6) is 0.923. The zero-order chi connectivity index (χ0) is 13.0. The Balaban J connectivity index is 2.12. The Kier molecular flexibility index (Phi) is 3.77. The molecule has 4 nitrogen and oxygen atoms in total. The van der Waals surface area contributed by atoms with Gasteiger partial charge in [0.05, 0.1) is 0 Å². The number of imidazole rings is 1. The van der Waals surface area contributed by atoms with Crippen molar-refractivity contribution < 1.29 is 4.79 Å². The van der Waals surface area contributed by atoms with E-state index < -0.39 is 0 Å². The van der Waals surface area contributed by atoms with Crippen molar-refractivity contribution in [1.29, 1.82) is 0 Å². The highest BCUT2D eigenvalue weighted by atomic mass is 16.1. The zero-order valence-corrected chi connectivity index (χ0v) is 10.7. The van der Waals surface area contributed by atoms with E-state index in [0.717, 1.165) is 17.9 Å². The van der Waals surface area contributed by atoms with Crippen LogP contribution in [-0.2, 0) is 11.3 Å². The molecule has 1 aromatic carbocycles. The number of amides is 1. The summed E-state index contributed by atoms with van der Waals surface area (Å²) in [6.45, 7) is 4.93. The summed E-state index contributed by atoms with van der Waals surface area (Å²) in [4.78, 5) is 15.2. The highest BCUT2D eigenvalue weighted by molar-refractivity contribution is 5.72. The topological polar surface area (TPSA) is 46.9 Å². The molecule has 4 heteroatoms. The average Bonchev–Trinajstić information content (AvgIpc) is 2.78. The third-order valence-corrected chi connectivity index (χ3v) is 2.75. The highest BCUT2D eigenvalue weighted by Gasteiger charge is 2.05. The lowest BCUT2D eigenvalue weighted by Gasteiger charge is -2.08. The summed E-state index contributed by atoms with van der Waals surface area (Å²) in [6, 6.07) is 8.27. The maximum absolute atomic E-state index is 10.8. The van der Waals surface area contributed by atoms with Crippen molar-refractivity contribution >= 4 is 5.91 Å².